The Kier molecular flexibility index (Phi) is 0.957. The quantitative estimate of drug-likeness (QED) is 0.422. The fraction of sp³-hybridized carbons (Fsp3) is 0. The zero-order valence-corrected chi connectivity index (χ0v) is 3.94. The largest absolute Gasteiger partial charge is 0.425 e. The van der Waals surface area contributed by atoms with E-state index in [2.05, 4.69) is 10.2 Å². The van der Waals surface area contributed by atoms with Crippen LogP contribution >= 0.6 is 0 Å². The summed E-state index contributed by atoms with van der Waals surface area (Å²) >= 11 is 0. The van der Waals surface area contributed by atoms with Crippen LogP contribution in [-0.2, 0) is 0 Å². The second-order valence-corrected chi connectivity index (χ2v) is 1.18. The summed E-state index contributed by atoms with van der Waals surface area (Å²) in [5, 5.41) is 21.8. The fourth-order valence-corrected chi connectivity index (χ4v) is 0.297. The maximum Gasteiger partial charge on any atom is 0.274 e. The van der Waals surface area contributed by atoms with Gasteiger partial charge in [-0.25, -0.2) is 0 Å². The Bertz CT molecular complexity index is 229. The van der Waals surface area contributed by atoms with Crippen molar-refractivity contribution in [2.24, 2.45) is 0 Å². The third-order valence-electron chi connectivity index (χ3n) is 0.644. The molecule has 0 atom stereocenters. The molecule has 0 spiro atoms. The molecule has 1 aromatic heterocycles. The minimum absolute atomic E-state index is 0.271. The highest BCUT2D eigenvalue weighted by Crippen LogP contribution is 1.61. The third-order valence-corrected chi connectivity index (χ3v) is 0.644. The lowest BCUT2D eigenvalue weighted by Crippen LogP contribution is -2.20. The highest BCUT2D eigenvalue weighted by molar-refractivity contribution is 4.61. The number of nitrogens with one attached hydrogen (secondary N) is 1. The van der Waals surface area contributed by atoms with Crippen molar-refractivity contribution in [3.8, 4) is 0 Å². The van der Waals surface area contributed by atoms with Gasteiger partial charge in [0.2, 0.25) is 0 Å². The van der Waals surface area contributed by atoms with Gasteiger partial charge in [-0.05, 0) is 0 Å². The first kappa shape index (κ1) is 4.76. The fourth-order valence-electron chi connectivity index (χ4n) is 0.297. The van der Waals surface area contributed by atoms with Crippen molar-refractivity contribution in [3.63, 3.8) is 0 Å². The molecule has 0 unspecified atom stereocenters. The van der Waals surface area contributed by atoms with Crippen molar-refractivity contribution in [1.29, 1.82) is 5.41 Å². The second-order valence-electron chi connectivity index (χ2n) is 1.18. The summed E-state index contributed by atoms with van der Waals surface area (Å²) in [5.74, 6) is 0. The molecule has 2 N–H and O–H groups in total. The first-order valence-corrected chi connectivity index (χ1v) is 1.95. The van der Waals surface area contributed by atoms with E-state index in [-0.39, 0.29) is 5.62 Å². The van der Waals surface area contributed by atoms with Gasteiger partial charge in [-0.1, -0.05) is 0 Å². The molecule has 5 heteroatoms. The van der Waals surface area contributed by atoms with Gasteiger partial charge in [0.15, 0.2) is 0 Å². The average Bonchev–Trinajstić information content (AvgIpc) is 1.77. The monoisotopic (exact) mass is 112 g/mol. The molecule has 0 aliphatic rings. The second kappa shape index (κ2) is 1.61. The standard InChI is InChI=1S/C3H4N4O/c4-3-6-5-1-2-7(3)8/h1-2,4,8H. The SMILES string of the molecule is N=c1nnccn1O. The molecule has 5 nitrogen and oxygen atoms in total. The van der Waals surface area contributed by atoms with E-state index < -0.39 is 0 Å². The maximum absolute atomic E-state index is 8.55. The molecule has 0 bridgehead atoms. The van der Waals surface area contributed by atoms with Crippen LogP contribution in [0.2, 0.25) is 0 Å². The Hall–Kier alpha value is -1.39. The van der Waals surface area contributed by atoms with E-state index in [1.165, 1.54) is 12.4 Å². The summed E-state index contributed by atoms with van der Waals surface area (Å²) in [6.45, 7) is 0. The molecule has 0 fully saturated rings. The van der Waals surface area contributed by atoms with Crippen molar-refractivity contribution < 1.29 is 5.21 Å². The van der Waals surface area contributed by atoms with Gasteiger partial charge in [-0.15, -0.1) is 5.10 Å². The number of hydrogen-bond donors (Lipinski definition) is 2. The Labute approximate surface area is 44.7 Å². The van der Waals surface area contributed by atoms with Crippen LogP contribution in [0, 0.1) is 5.41 Å². The van der Waals surface area contributed by atoms with E-state index in [1.54, 1.807) is 0 Å². The third kappa shape index (κ3) is 0.651. The van der Waals surface area contributed by atoms with Gasteiger partial charge in [0.25, 0.3) is 5.62 Å². The van der Waals surface area contributed by atoms with E-state index in [9.17, 15) is 0 Å². The molecular formula is C3H4N4O. The lowest BCUT2D eigenvalue weighted by molar-refractivity contribution is 0.162. The molecular weight excluding hydrogens is 108 g/mol. The summed E-state index contributed by atoms with van der Waals surface area (Å²) < 4.78 is 0.576. The Morgan fingerprint density at radius 3 is 2.88 bits per heavy atom. The van der Waals surface area contributed by atoms with Crippen LogP contribution in [0.3, 0.4) is 0 Å². The van der Waals surface area contributed by atoms with Gasteiger partial charge in [0.1, 0.15) is 0 Å². The molecule has 0 aliphatic heterocycles. The predicted octanol–water partition coefficient (Wildman–Crippen LogP) is -1.01. The predicted molar refractivity (Wildman–Crippen MR) is 23.1 cm³/mol. The number of aromatic nitrogens is 3. The van der Waals surface area contributed by atoms with Crippen LogP contribution < -0.4 is 5.62 Å². The highest BCUT2D eigenvalue weighted by Gasteiger charge is 1.80. The summed E-state index contributed by atoms with van der Waals surface area (Å²) in [5.41, 5.74) is -0.271. The minimum Gasteiger partial charge on any atom is -0.425 e. The minimum atomic E-state index is -0.271. The van der Waals surface area contributed by atoms with Gasteiger partial charge in [-0.2, -0.15) is 9.83 Å². The van der Waals surface area contributed by atoms with E-state index in [0.29, 0.717) is 4.73 Å². The van der Waals surface area contributed by atoms with Crippen molar-refractivity contribution >= 4 is 0 Å². The van der Waals surface area contributed by atoms with Gasteiger partial charge >= 0.3 is 0 Å². The Morgan fingerprint density at radius 1 is 1.75 bits per heavy atom. The molecule has 1 heterocycles. The molecule has 0 aromatic carbocycles. The van der Waals surface area contributed by atoms with Gasteiger partial charge < -0.3 is 5.21 Å². The lowest BCUT2D eigenvalue weighted by Gasteiger charge is -1.88. The van der Waals surface area contributed by atoms with Crippen molar-refractivity contribution in [2.75, 3.05) is 0 Å². The molecule has 0 saturated heterocycles. The van der Waals surface area contributed by atoms with Gasteiger partial charge in [0, 0.05) is 0 Å². The van der Waals surface area contributed by atoms with E-state index in [0.717, 1.165) is 0 Å². The first-order valence-electron chi connectivity index (χ1n) is 1.95. The van der Waals surface area contributed by atoms with Crippen LogP contribution in [0.25, 0.3) is 0 Å². The van der Waals surface area contributed by atoms with Crippen LogP contribution in [-0.4, -0.2) is 20.1 Å². The topological polar surface area (TPSA) is 74.8 Å². The van der Waals surface area contributed by atoms with Gasteiger partial charge in [0.05, 0.1) is 12.4 Å². The van der Waals surface area contributed by atoms with Crippen LogP contribution in [0.1, 0.15) is 0 Å². The number of nitrogens with zero attached hydrogens (tertiary/aromatic N) is 3. The van der Waals surface area contributed by atoms with Crippen molar-refractivity contribution in [2.45, 2.75) is 0 Å². The molecule has 0 saturated carbocycles. The summed E-state index contributed by atoms with van der Waals surface area (Å²) in [7, 11) is 0. The molecule has 8 heavy (non-hydrogen) atoms. The zero-order valence-electron chi connectivity index (χ0n) is 3.94. The molecule has 1 rings (SSSR count). The Morgan fingerprint density at radius 2 is 2.50 bits per heavy atom. The lowest BCUT2D eigenvalue weighted by atomic mass is 10.9. The van der Waals surface area contributed by atoms with E-state index >= 15 is 0 Å². The first-order chi connectivity index (χ1) is 3.80. The molecule has 1 aromatic rings. The molecule has 0 radical (unpaired) electrons. The molecule has 0 amide bonds. The van der Waals surface area contributed by atoms with E-state index in [1.807, 2.05) is 0 Å². The maximum atomic E-state index is 8.55. The molecule has 0 aliphatic carbocycles. The highest BCUT2D eigenvalue weighted by atomic mass is 16.5. The normalized spacial score (nSPS) is 9.00. The smallest absolute Gasteiger partial charge is 0.274 e. The Balaban J connectivity index is 3.35. The zero-order chi connectivity index (χ0) is 5.98. The van der Waals surface area contributed by atoms with Gasteiger partial charge in [-0.3, -0.25) is 5.41 Å². The number of rotatable bonds is 0. The van der Waals surface area contributed by atoms with Crippen LogP contribution in [0.4, 0.5) is 0 Å². The van der Waals surface area contributed by atoms with Crippen molar-refractivity contribution in [3.05, 3.63) is 18.0 Å². The summed E-state index contributed by atoms with van der Waals surface area (Å²) in [4.78, 5) is 0. The van der Waals surface area contributed by atoms with Crippen LogP contribution in [0.5, 0.6) is 0 Å². The molecule has 42 valence electrons. The van der Waals surface area contributed by atoms with E-state index in [4.69, 9.17) is 10.6 Å². The summed E-state index contributed by atoms with van der Waals surface area (Å²) in [6.07, 6.45) is 2.52. The van der Waals surface area contributed by atoms with Crippen molar-refractivity contribution in [1.82, 2.24) is 14.9 Å². The number of hydrogen-bond acceptors (Lipinski definition) is 4. The average molecular weight is 112 g/mol. The summed E-state index contributed by atoms with van der Waals surface area (Å²) in [6, 6.07) is 0. The van der Waals surface area contributed by atoms with Crippen LogP contribution in [0.15, 0.2) is 12.4 Å².